The highest BCUT2D eigenvalue weighted by molar-refractivity contribution is 9.10. The predicted octanol–water partition coefficient (Wildman–Crippen LogP) is 4.46. The molecule has 2 amide bonds. The summed E-state index contributed by atoms with van der Waals surface area (Å²) in [6, 6.07) is 10.5. The first-order chi connectivity index (χ1) is 15.3. The normalized spacial score (nSPS) is 12.4. The monoisotopic (exact) mass is 577 g/mol. The minimum absolute atomic E-state index is 0.0693. The number of nitrogens with zero attached hydrogens (tertiary/aromatic N) is 2. The third kappa shape index (κ3) is 7.60. The molecule has 0 saturated heterocycles. The van der Waals surface area contributed by atoms with Gasteiger partial charge in [0.1, 0.15) is 12.6 Å². The fourth-order valence-corrected chi connectivity index (χ4v) is 4.83. The van der Waals surface area contributed by atoms with Gasteiger partial charge in [0.05, 0.1) is 11.9 Å². The van der Waals surface area contributed by atoms with E-state index in [9.17, 15) is 18.0 Å². The van der Waals surface area contributed by atoms with Crippen LogP contribution in [-0.2, 0) is 26.2 Å². The Labute approximate surface area is 213 Å². The van der Waals surface area contributed by atoms with Crippen LogP contribution in [0.15, 0.2) is 46.9 Å². The van der Waals surface area contributed by atoms with Crippen LogP contribution in [0.25, 0.3) is 0 Å². The van der Waals surface area contributed by atoms with Crippen LogP contribution in [0.5, 0.6) is 0 Å². The van der Waals surface area contributed by atoms with Crippen LogP contribution < -0.4 is 9.62 Å². The first-order valence-electron chi connectivity index (χ1n) is 10.1. The van der Waals surface area contributed by atoms with Crippen molar-refractivity contribution in [1.82, 2.24) is 10.2 Å². The molecule has 7 nitrogen and oxygen atoms in total. The zero-order valence-electron chi connectivity index (χ0n) is 18.7. The maximum atomic E-state index is 13.5. The highest BCUT2D eigenvalue weighted by atomic mass is 79.9. The maximum absolute atomic E-state index is 13.5. The summed E-state index contributed by atoms with van der Waals surface area (Å²) in [6.45, 7) is 4.61. The first-order valence-corrected chi connectivity index (χ1v) is 13.5. The SMILES string of the molecule is CC(C)NC(=O)C(C)N(Cc1c(Cl)cccc1Cl)C(=O)CN(c1cccc(Br)c1)S(C)(=O)=O. The van der Waals surface area contributed by atoms with Gasteiger partial charge >= 0.3 is 0 Å². The molecule has 0 spiro atoms. The number of nitrogens with one attached hydrogen (secondary N) is 1. The Hall–Kier alpha value is -1.81. The molecule has 0 radical (unpaired) electrons. The fraction of sp³-hybridized carbons (Fsp3) is 0.364. The number of hydrogen-bond donors (Lipinski definition) is 1. The lowest BCUT2D eigenvalue weighted by molar-refractivity contribution is -0.139. The van der Waals surface area contributed by atoms with Crippen molar-refractivity contribution in [3.05, 3.63) is 62.5 Å². The van der Waals surface area contributed by atoms with Crippen LogP contribution in [-0.4, -0.2) is 50.0 Å². The van der Waals surface area contributed by atoms with Crippen LogP contribution in [0.1, 0.15) is 26.3 Å². The lowest BCUT2D eigenvalue weighted by Gasteiger charge is -2.32. The lowest BCUT2D eigenvalue weighted by atomic mass is 10.1. The molecule has 0 aromatic heterocycles. The smallest absolute Gasteiger partial charge is 0.244 e. The van der Waals surface area contributed by atoms with Gasteiger partial charge in [-0.15, -0.1) is 0 Å². The highest BCUT2D eigenvalue weighted by Gasteiger charge is 2.31. The van der Waals surface area contributed by atoms with Crippen LogP contribution in [0.3, 0.4) is 0 Å². The Kier molecular flexibility index (Phi) is 9.60. The van der Waals surface area contributed by atoms with E-state index in [0.717, 1.165) is 10.6 Å². The Morgan fingerprint density at radius 1 is 1.06 bits per heavy atom. The zero-order valence-corrected chi connectivity index (χ0v) is 22.6. The van der Waals surface area contributed by atoms with Crippen LogP contribution >= 0.6 is 39.1 Å². The van der Waals surface area contributed by atoms with Gasteiger partial charge in [-0.05, 0) is 51.1 Å². The van der Waals surface area contributed by atoms with Gasteiger partial charge < -0.3 is 10.2 Å². The second kappa shape index (κ2) is 11.6. The molecular weight excluding hydrogens is 553 g/mol. The summed E-state index contributed by atoms with van der Waals surface area (Å²) in [5.74, 6) is -0.960. The largest absolute Gasteiger partial charge is 0.352 e. The number of anilines is 1. The van der Waals surface area contributed by atoms with Gasteiger partial charge in [0, 0.05) is 32.7 Å². The molecule has 2 aromatic rings. The molecule has 0 bridgehead atoms. The van der Waals surface area contributed by atoms with Gasteiger partial charge in [0.25, 0.3) is 0 Å². The van der Waals surface area contributed by atoms with Crippen LogP contribution in [0.2, 0.25) is 10.0 Å². The van der Waals surface area contributed by atoms with Crippen molar-refractivity contribution in [3.8, 4) is 0 Å². The predicted molar refractivity (Wildman–Crippen MR) is 136 cm³/mol. The third-order valence-corrected chi connectivity index (χ3v) is 7.11. The van der Waals surface area contributed by atoms with Crippen molar-refractivity contribution < 1.29 is 18.0 Å². The van der Waals surface area contributed by atoms with Crippen molar-refractivity contribution in [2.45, 2.75) is 39.4 Å². The molecule has 2 aromatic carbocycles. The molecule has 33 heavy (non-hydrogen) atoms. The molecule has 0 heterocycles. The number of amides is 2. The third-order valence-electron chi connectivity index (χ3n) is 4.76. The molecule has 0 aliphatic heterocycles. The Morgan fingerprint density at radius 2 is 1.64 bits per heavy atom. The fourth-order valence-electron chi connectivity index (χ4n) is 3.09. The molecule has 2 rings (SSSR count). The van der Waals surface area contributed by atoms with Crippen molar-refractivity contribution in [3.63, 3.8) is 0 Å². The summed E-state index contributed by atoms with van der Waals surface area (Å²) in [5.41, 5.74) is 0.780. The molecule has 1 atom stereocenters. The van der Waals surface area contributed by atoms with Gasteiger partial charge in [-0.3, -0.25) is 13.9 Å². The second-order valence-corrected chi connectivity index (χ2v) is 11.4. The molecule has 1 N–H and O–H groups in total. The molecule has 0 aliphatic rings. The maximum Gasteiger partial charge on any atom is 0.244 e. The number of sulfonamides is 1. The van der Waals surface area contributed by atoms with E-state index in [1.807, 2.05) is 0 Å². The van der Waals surface area contributed by atoms with Gasteiger partial charge in [0.2, 0.25) is 21.8 Å². The van der Waals surface area contributed by atoms with Gasteiger partial charge in [0.15, 0.2) is 0 Å². The topological polar surface area (TPSA) is 86.8 Å². The standard InChI is InChI=1S/C22H26BrCl2N3O4S/c1-14(2)26-22(30)15(3)27(12-18-19(24)9-6-10-20(18)25)21(29)13-28(33(4,31)32)17-8-5-7-16(23)11-17/h5-11,14-15H,12-13H2,1-4H3,(H,26,30). The molecule has 0 aliphatic carbocycles. The van der Waals surface area contributed by atoms with Crippen molar-refractivity contribution in [1.29, 1.82) is 0 Å². The van der Waals surface area contributed by atoms with Crippen molar-refractivity contribution in [2.75, 3.05) is 17.1 Å². The summed E-state index contributed by atoms with van der Waals surface area (Å²) in [4.78, 5) is 27.5. The molecule has 1 unspecified atom stereocenters. The van der Waals surface area contributed by atoms with E-state index >= 15 is 0 Å². The van der Waals surface area contributed by atoms with E-state index in [4.69, 9.17) is 23.2 Å². The molecule has 0 saturated carbocycles. The van der Waals surface area contributed by atoms with E-state index in [2.05, 4.69) is 21.2 Å². The van der Waals surface area contributed by atoms with E-state index in [-0.39, 0.29) is 18.5 Å². The number of halogens is 3. The quantitative estimate of drug-likeness (QED) is 0.476. The van der Waals surface area contributed by atoms with E-state index < -0.39 is 28.5 Å². The van der Waals surface area contributed by atoms with Crippen LogP contribution in [0, 0.1) is 0 Å². The summed E-state index contributed by atoms with van der Waals surface area (Å²) in [5, 5.41) is 3.45. The molecule has 180 valence electrons. The molecule has 0 fully saturated rings. The Morgan fingerprint density at radius 3 is 2.15 bits per heavy atom. The first kappa shape index (κ1) is 27.4. The summed E-state index contributed by atoms with van der Waals surface area (Å²) in [7, 11) is -3.81. The summed E-state index contributed by atoms with van der Waals surface area (Å²) >= 11 is 15.9. The molecular formula is C22H26BrCl2N3O4S. The second-order valence-electron chi connectivity index (χ2n) is 7.81. The zero-order chi connectivity index (χ0) is 24.9. The van der Waals surface area contributed by atoms with Gasteiger partial charge in [-0.25, -0.2) is 8.42 Å². The average molecular weight is 579 g/mol. The lowest BCUT2D eigenvalue weighted by Crippen LogP contribution is -2.52. The van der Waals surface area contributed by atoms with E-state index in [1.165, 1.54) is 4.90 Å². The number of benzene rings is 2. The minimum Gasteiger partial charge on any atom is -0.352 e. The van der Waals surface area contributed by atoms with Crippen molar-refractivity contribution >= 4 is 66.7 Å². The van der Waals surface area contributed by atoms with Gasteiger partial charge in [-0.1, -0.05) is 51.3 Å². The number of carbonyl (C=O) groups excluding carboxylic acids is 2. The minimum atomic E-state index is -3.81. The Balaban J connectivity index is 2.45. The molecule has 11 heteroatoms. The average Bonchev–Trinajstić information content (AvgIpc) is 2.69. The number of hydrogen-bond acceptors (Lipinski definition) is 4. The number of rotatable bonds is 9. The van der Waals surface area contributed by atoms with E-state index in [1.54, 1.807) is 63.2 Å². The summed E-state index contributed by atoms with van der Waals surface area (Å²) < 4.78 is 26.7. The number of carbonyl (C=O) groups is 2. The van der Waals surface area contributed by atoms with Crippen molar-refractivity contribution in [2.24, 2.45) is 0 Å². The van der Waals surface area contributed by atoms with Gasteiger partial charge in [-0.2, -0.15) is 0 Å². The Bertz CT molecular complexity index is 1110. The van der Waals surface area contributed by atoms with E-state index in [0.29, 0.717) is 25.8 Å². The summed E-state index contributed by atoms with van der Waals surface area (Å²) in [6.07, 6.45) is 1.02. The highest BCUT2D eigenvalue weighted by Crippen LogP contribution is 2.27. The van der Waals surface area contributed by atoms with Crippen LogP contribution in [0.4, 0.5) is 5.69 Å².